The summed E-state index contributed by atoms with van der Waals surface area (Å²) < 4.78 is 24.4. The lowest BCUT2D eigenvalue weighted by Crippen LogP contribution is -2.54. The lowest BCUT2D eigenvalue weighted by Gasteiger charge is -2.38. The topological polar surface area (TPSA) is 67.9 Å². The minimum absolute atomic E-state index is 0.0215. The average Bonchev–Trinajstić information content (AvgIpc) is 2.45. The van der Waals surface area contributed by atoms with Crippen LogP contribution in [0.15, 0.2) is 12.1 Å². The van der Waals surface area contributed by atoms with Crippen molar-refractivity contribution in [3.8, 4) is 0 Å². The lowest BCUT2D eigenvalue weighted by molar-refractivity contribution is -0.0192. The van der Waals surface area contributed by atoms with Crippen LogP contribution in [-0.4, -0.2) is 48.8 Å². The van der Waals surface area contributed by atoms with Gasteiger partial charge >= 0.3 is 6.09 Å². The average molecular weight is 373 g/mol. The molecule has 0 saturated carbocycles. The standard InChI is InChI=1S/C17H22ClFN2O4/c1-17(2,3)25-16(23)20-7-11-5-10(6-13(18)14(11)19)15(22)21-8-12(9-21)24-4/h5-6,12H,7-9H2,1-4H3,(H,20,23). The van der Waals surface area contributed by atoms with E-state index in [0.717, 1.165) is 0 Å². The molecule has 2 rings (SSSR count). The number of methoxy groups -OCH3 is 1. The van der Waals surface area contributed by atoms with Crippen LogP contribution in [0.5, 0.6) is 0 Å². The second-order valence-corrected chi connectivity index (χ2v) is 7.26. The molecule has 1 N–H and O–H groups in total. The van der Waals surface area contributed by atoms with Gasteiger partial charge in [0.15, 0.2) is 0 Å². The number of hydrogen-bond donors (Lipinski definition) is 1. The van der Waals surface area contributed by atoms with E-state index < -0.39 is 17.5 Å². The van der Waals surface area contributed by atoms with E-state index in [1.165, 1.54) is 12.1 Å². The van der Waals surface area contributed by atoms with Crippen molar-refractivity contribution in [3.05, 3.63) is 34.1 Å². The fourth-order valence-electron chi connectivity index (χ4n) is 2.32. The Morgan fingerprint density at radius 3 is 2.56 bits per heavy atom. The van der Waals surface area contributed by atoms with Gasteiger partial charge in [-0.1, -0.05) is 11.6 Å². The van der Waals surface area contributed by atoms with Crippen molar-refractivity contribution in [2.45, 2.75) is 39.0 Å². The van der Waals surface area contributed by atoms with Crippen molar-refractivity contribution in [1.82, 2.24) is 10.2 Å². The molecule has 25 heavy (non-hydrogen) atoms. The Morgan fingerprint density at radius 1 is 1.36 bits per heavy atom. The maximum atomic E-state index is 14.2. The molecule has 2 amide bonds. The first kappa shape index (κ1) is 19.5. The maximum Gasteiger partial charge on any atom is 0.407 e. The highest BCUT2D eigenvalue weighted by Gasteiger charge is 2.31. The van der Waals surface area contributed by atoms with Crippen LogP contribution in [0.4, 0.5) is 9.18 Å². The summed E-state index contributed by atoms with van der Waals surface area (Å²) >= 11 is 5.89. The number of likely N-dealkylation sites (tertiary alicyclic amines) is 1. The second-order valence-electron chi connectivity index (χ2n) is 6.85. The van der Waals surface area contributed by atoms with E-state index in [1.54, 1.807) is 32.8 Å². The predicted molar refractivity (Wildman–Crippen MR) is 91.2 cm³/mol. The summed E-state index contributed by atoms with van der Waals surface area (Å²) in [4.78, 5) is 25.7. The number of nitrogens with zero attached hydrogens (tertiary/aromatic N) is 1. The molecule has 0 spiro atoms. The van der Waals surface area contributed by atoms with Gasteiger partial charge in [-0.15, -0.1) is 0 Å². The molecule has 1 fully saturated rings. The minimum Gasteiger partial charge on any atom is -0.444 e. The van der Waals surface area contributed by atoms with Gasteiger partial charge in [-0.3, -0.25) is 4.79 Å². The Hall–Kier alpha value is -1.86. The Labute approximate surface area is 151 Å². The molecule has 138 valence electrons. The van der Waals surface area contributed by atoms with Gasteiger partial charge in [0.1, 0.15) is 11.4 Å². The van der Waals surface area contributed by atoms with Crippen LogP contribution >= 0.6 is 11.6 Å². The monoisotopic (exact) mass is 372 g/mol. The number of halogens is 2. The summed E-state index contributed by atoms with van der Waals surface area (Å²) in [6.07, 6.45) is -0.654. The Bertz CT molecular complexity index is 669. The number of amides is 2. The third-order valence-electron chi connectivity index (χ3n) is 3.64. The van der Waals surface area contributed by atoms with Crippen molar-refractivity contribution in [2.75, 3.05) is 20.2 Å². The van der Waals surface area contributed by atoms with Crippen LogP contribution < -0.4 is 5.32 Å². The van der Waals surface area contributed by atoms with Crippen molar-refractivity contribution in [2.24, 2.45) is 0 Å². The normalized spacial score (nSPS) is 14.9. The van der Waals surface area contributed by atoms with E-state index in [1.807, 2.05) is 0 Å². The van der Waals surface area contributed by atoms with Crippen molar-refractivity contribution >= 4 is 23.6 Å². The number of carbonyl (C=O) groups is 2. The molecule has 1 aromatic rings. The van der Waals surface area contributed by atoms with E-state index in [-0.39, 0.29) is 34.7 Å². The van der Waals surface area contributed by atoms with E-state index in [4.69, 9.17) is 21.1 Å². The first-order valence-electron chi connectivity index (χ1n) is 7.87. The summed E-state index contributed by atoms with van der Waals surface area (Å²) in [5, 5.41) is 2.29. The molecule has 0 aromatic heterocycles. The highest BCUT2D eigenvalue weighted by molar-refractivity contribution is 6.31. The zero-order valence-corrected chi connectivity index (χ0v) is 15.4. The van der Waals surface area contributed by atoms with Gasteiger partial charge in [0.2, 0.25) is 0 Å². The molecule has 0 atom stereocenters. The molecular weight excluding hydrogens is 351 g/mol. The van der Waals surface area contributed by atoms with Crippen LogP contribution in [0.1, 0.15) is 36.7 Å². The molecule has 0 unspecified atom stereocenters. The highest BCUT2D eigenvalue weighted by Crippen LogP contribution is 2.24. The zero-order chi connectivity index (χ0) is 18.8. The summed E-state index contributed by atoms with van der Waals surface area (Å²) in [6, 6.07) is 2.68. The summed E-state index contributed by atoms with van der Waals surface area (Å²) in [5.41, 5.74) is -0.277. The molecule has 1 aromatic carbocycles. The fourth-order valence-corrected chi connectivity index (χ4v) is 2.55. The van der Waals surface area contributed by atoms with Gasteiger partial charge in [-0.25, -0.2) is 9.18 Å². The van der Waals surface area contributed by atoms with Gasteiger partial charge in [0.25, 0.3) is 5.91 Å². The number of carbonyl (C=O) groups excluding carboxylic acids is 2. The molecule has 1 heterocycles. The Morgan fingerprint density at radius 2 is 2.00 bits per heavy atom. The third-order valence-corrected chi connectivity index (χ3v) is 3.92. The number of benzene rings is 1. The quantitative estimate of drug-likeness (QED) is 0.882. The van der Waals surface area contributed by atoms with Crippen LogP contribution in [0.25, 0.3) is 0 Å². The summed E-state index contributed by atoms with van der Waals surface area (Å²) in [7, 11) is 1.59. The molecule has 8 heteroatoms. The molecule has 1 aliphatic rings. The van der Waals surface area contributed by atoms with E-state index in [0.29, 0.717) is 13.1 Å². The van der Waals surface area contributed by atoms with Crippen LogP contribution in [0.2, 0.25) is 5.02 Å². The number of ether oxygens (including phenoxy) is 2. The minimum atomic E-state index is -0.676. The molecule has 1 saturated heterocycles. The highest BCUT2D eigenvalue weighted by atomic mass is 35.5. The van der Waals surface area contributed by atoms with Gasteiger partial charge in [-0.05, 0) is 32.9 Å². The predicted octanol–water partition coefficient (Wildman–Crippen LogP) is 2.97. The number of hydrogen-bond acceptors (Lipinski definition) is 4. The Kier molecular flexibility index (Phi) is 5.90. The van der Waals surface area contributed by atoms with E-state index in [2.05, 4.69) is 5.32 Å². The fraction of sp³-hybridized carbons (Fsp3) is 0.529. The number of alkyl carbamates (subject to hydrolysis) is 1. The van der Waals surface area contributed by atoms with Gasteiger partial charge in [0.05, 0.1) is 11.1 Å². The van der Waals surface area contributed by atoms with Gasteiger partial charge in [0, 0.05) is 37.9 Å². The zero-order valence-electron chi connectivity index (χ0n) is 14.7. The van der Waals surface area contributed by atoms with Crippen molar-refractivity contribution in [1.29, 1.82) is 0 Å². The Balaban J connectivity index is 2.07. The van der Waals surface area contributed by atoms with Crippen LogP contribution in [0.3, 0.4) is 0 Å². The van der Waals surface area contributed by atoms with Gasteiger partial charge in [-0.2, -0.15) is 0 Å². The third kappa shape index (κ3) is 5.06. The second kappa shape index (κ2) is 7.58. The first-order valence-corrected chi connectivity index (χ1v) is 8.25. The molecular formula is C17H22ClFN2O4. The lowest BCUT2D eigenvalue weighted by atomic mass is 10.1. The van der Waals surface area contributed by atoms with Crippen molar-refractivity contribution in [3.63, 3.8) is 0 Å². The molecule has 0 bridgehead atoms. The maximum absolute atomic E-state index is 14.2. The molecule has 6 nitrogen and oxygen atoms in total. The number of rotatable bonds is 4. The molecule has 0 aliphatic carbocycles. The number of nitrogens with one attached hydrogen (secondary N) is 1. The largest absolute Gasteiger partial charge is 0.444 e. The molecule has 1 aliphatic heterocycles. The van der Waals surface area contributed by atoms with E-state index in [9.17, 15) is 14.0 Å². The van der Waals surface area contributed by atoms with Crippen LogP contribution in [-0.2, 0) is 16.0 Å². The van der Waals surface area contributed by atoms with Crippen LogP contribution in [0, 0.1) is 5.82 Å². The smallest absolute Gasteiger partial charge is 0.407 e. The summed E-state index contributed by atoms with van der Waals surface area (Å²) in [5.74, 6) is -0.929. The summed E-state index contributed by atoms with van der Waals surface area (Å²) in [6.45, 7) is 6.00. The van der Waals surface area contributed by atoms with Gasteiger partial charge < -0.3 is 19.7 Å². The SMILES string of the molecule is COC1CN(C(=O)c2cc(Cl)c(F)c(CNC(=O)OC(C)(C)C)c2)C1. The van der Waals surface area contributed by atoms with E-state index >= 15 is 0 Å². The molecule has 0 radical (unpaired) electrons. The van der Waals surface area contributed by atoms with Crippen molar-refractivity contribution < 1.29 is 23.5 Å². The first-order chi connectivity index (χ1) is 11.6.